The minimum Gasteiger partial charge on any atom is -0.412 e. The SMILES string of the molecule is CP(C)(C)(C)O.O. The van der Waals surface area contributed by atoms with E-state index in [9.17, 15) is 0 Å². The van der Waals surface area contributed by atoms with Gasteiger partial charge in [-0.05, 0) is 0 Å². The molecular formula is C4H15O2P. The summed E-state index contributed by atoms with van der Waals surface area (Å²) in [5.74, 6) is 0. The minimum atomic E-state index is -2.05. The van der Waals surface area contributed by atoms with Crippen molar-refractivity contribution in [1.82, 2.24) is 0 Å². The van der Waals surface area contributed by atoms with E-state index in [-0.39, 0.29) is 5.48 Å². The molecule has 0 unspecified atom stereocenters. The summed E-state index contributed by atoms with van der Waals surface area (Å²) >= 11 is 0. The summed E-state index contributed by atoms with van der Waals surface area (Å²) < 4.78 is 0. The van der Waals surface area contributed by atoms with Crippen molar-refractivity contribution in [2.75, 3.05) is 26.7 Å². The Bertz CT molecular complexity index is 42.9. The van der Waals surface area contributed by atoms with Crippen LogP contribution in [0.2, 0.25) is 0 Å². The number of hydrogen-bond acceptors (Lipinski definition) is 1. The maximum absolute atomic E-state index is 9.12. The normalized spacial score (nSPS) is 16.4. The summed E-state index contributed by atoms with van der Waals surface area (Å²) in [7, 11) is 0. The molecule has 0 heterocycles. The van der Waals surface area contributed by atoms with Gasteiger partial charge in [0.05, 0.1) is 0 Å². The van der Waals surface area contributed by atoms with Crippen LogP contribution in [0.3, 0.4) is 0 Å². The molecule has 0 saturated heterocycles. The van der Waals surface area contributed by atoms with E-state index in [1.807, 2.05) is 26.7 Å². The van der Waals surface area contributed by atoms with Gasteiger partial charge in [0.2, 0.25) is 0 Å². The molecule has 0 aromatic carbocycles. The third-order valence-corrected chi connectivity index (χ3v) is 0. The average molecular weight is 126 g/mol. The van der Waals surface area contributed by atoms with Gasteiger partial charge in [-0.15, -0.1) is 0 Å². The van der Waals surface area contributed by atoms with Gasteiger partial charge in [-0.1, -0.05) is 0 Å². The standard InChI is InChI=1S/C4H13OP.H2O/c1-6(2,3,4)5;/h5H,1-4H3;1H2. The summed E-state index contributed by atoms with van der Waals surface area (Å²) in [6, 6.07) is 0. The van der Waals surface area contributed by atoms with E-state index >= 15 is 0 Å². The second-order valence-electron chi connectivity index (χ2n) is 3.48. The van der Waals surface area contributed by atoms with E-state index in [1.165, 1.54) is 0 Å². The molecular weight excluding hydrogens is 111 g/mol. The summed E-state index contributed by atoms with van der Waals surface area (Å²) in [6.07, 6.45) is 0. The van der Waals surface area contributed by atoms with E-state index in [0.717, 1.165) is 0 Å². The fourth-order valence-electron chi connectivity index (χ4n) is 0. The molecule has 0 radical (unpaired) electrons. The zero-order chi connectivity index (χ0) is 5.45. The molecule has 0 spiro atoms. The Hall–Kier alpha value is 0.350. The second kappa shape index (κ2) is 1.70. The van der Waals surface area contributed by atoms with Gasteiger partial charge in [0.1, 0.15) is 0 Å². The van der Waals surface area contributed by atoms with Gasteiger partial charge in [0.15, 0.2) is 0 Å². The molecule has 0 bridgehead atoms. The third kappa shape index (κ3) is 981. The molecule has 0 aliphatic rings. The molecule has 3 N–H and O–H groups in total. The van der Waals surface area contributed by atoms with E-state index < -0.39 is 6.83 Å². The van der Waals surface area contributed by atoms with E-state index in [0.29, 0.717) is 0 Å². The quantitative estimate of drug-likeness (QED) is 0.461. The van der Waals surface area contributed by atoms with Crippen LogP contribution in [0.25, 0.3) is 0 Å². The van der Waals surface area contributed by atoms with Gasteiger partial charge in [-0.3, -0.25) is 0 Å². The van der Waals surface area contributed by atoms with Crippen LogP contribution in [0.1, 0.15) is 0 Å². The fourth-order valence-corrected chi connectivity index (χ4v) is 0. The molecule has 0 saturated carbocycles. The van der Waals surface area contributed by atoms with Crippen molar-refractivity contribution in [3.05, 3.63) is 0 Å². The Balaban J connectivity index is 0. The molecule has 0 aliphatic heterocycles. The Kier molecular flexibility index (Phi) is 2.51. The first-order valence-electron chi connectivity index (χ1n) is 1.99. The second-order valence-corrected chi connectivity index (χ2v) is 10.4. The molecule has 0 aliphatic carbocycles. The number of rotatable bonds is 0. The van der Waals surface area contributed by atoms with Crippen molar-refractivity contribution in [2.24, 2.45) is 0 Å². The Labute approximate surface area is 44.9 Å². The minimum absolute atomic E-state index is 0. The van der Waals surface area contributed by atoms with E-state index in [2.05, 4.69) is 0 Å². The molecule has 0 fully saturated rings. The van der Waals surface area contributed by atoms with Gasteiger partial charge >= 0.3 is 38.4 Å². The Morgan fingerprint density at radius 1 is 1.00 bits per heavy atom. The van der Waals surface area contributed by atoms with Crippen molar-refractivity contribution in [1.29, 1.82) is 0 Å². The largest absolute Gasteiger partial charge is 0.412 e. The maximum atomic E-state index is 9.12. The van der Waals surface area contributed by atoms with Crippen LogP contribution in [-0.2, 0) is 0 Å². The van der Waals surface area contributed by atoms with Crippen molar-refractivity contribution >= 4 is 6.83 Å². The van der Waals surface area contributed by atoms with Crippen molar-refractivity contribution in [3.8, 4) is 0 Å². The average Bonchev–Trinajstić information content (AvgIpc) is 0.650. The predicted molar refractivity (Wildman–Crippen MR) is 36.4 cm³/mol. The first-order valence-corrected chi connectivity index (χ1v) is 5.97. The monoisotopic (exact) mass is 126 g/mol. The van der Waals surface area contributed by atoms with Crippen molar-refractivity contribution in [2.45, 2.75) is 0 Å². The molecule has 2 nitrogen and oxygen atoms in total. The van der Waals surface area contributed by atoms with Crippen LogP contribution in [0, 0.1) is 0 Å². The summed E-state index contributed by atoms with van der Waals surface area (Å²) in [5.41, 5.74) is 0. The topological polar surface area (TPSA) is 51.7 Å². The van der Waals surface area contributed by atoms with Gasteiger partial charge in [0.25, 0.3) is 0 Å². The Morgan fingerprint density at radius 3 is 1.00 bits per heavy atom. The van der Waals surface area contributed by atoms with Crippen LogP contribution in [0.5, 0.6) is 0 Å². The molecule has 3 heteroatoms. The van der Waals surface area contributed by atoms with Gasteiger partial charge in [-0.25, -0.2) is 0 Å². The molecule has 48 valence electrons. The predicted octanol–water partition coefficient (Wildman–Crippen LogP) is 0.141. The third-order valence-electron chi connectivity index (χ3n) is 0. The summed E-state index contributed by atoms with van der Waals surface area (Å²) in [5, 5.41) is 0. The van der Waals surface area contributed by atoms with Crippen LogP contribution >= 0.6 is 6.83 Å². The van der Waals surface area contributed by atoms with Crippen molar-refractivity contribution in [3.63, 3.8) is 0 Å². The zero-order valence-corrected chi connectivity index (χ0v) is 6.29. The summed E-state index contributed by atoms with van der Waals surface area (Å²) in [6.45, 7) is 5.53. The maximum Gasteiger partial charge on any atom is -0.412 e. The fraction of sp³-hybridized carbons (Fsp3) is 1.00. The van der Waals surface area contributed by atoms with E-state index in [4.69, 9.17) is 4.89 Å². The van der Waals surface area contributed by atoms with Crippen LogP contribution in [0.15, 0.2) is 0 Å². The number of hydrogen-bond donors (Lipinski definition) is 1. The molecule has 0 aromatic heterocycles. The first-order chi connectivity index (χ1) is 2.24. The zero-order valence-electron chi connectivity index (χ0n) is 5.39. The molecule has 0 atom stereocenters. The van der Waals surface area contributed by atoms with Crippen molar-refractivity contribution < 1.29 is 10.4 Å². The molecule has 0 aromatic rings. The molecule has 0 rings (SSSR count). The van der Waals surface area contributed by atoms with Crippen LogP contribution < -0.4 is 0 Å². The molecule has 0 amide bonds. The van der Waals surface area contributed by atoms with Gasteiger partial charge < -0.3 is 5.48 Å². The Morgan fingerprint density at radius 2 is 1.00 bits per heavy atom. The smallest absolute Gasteiger partial charge is 0.412 e. The first kappa shape index (κ1) is 10.4. The van der Waals surface area contributed by atoms with Gasteiger partial charge in [0, 0.05) is 0 Å². The van der Waals surface area contributed by atoms with Crippen LogP contribution in [-0.4, -0.2) is 37.0 Å². The van der Waals surface area contributed by atoms with E-state index in [1.54, 1.807) is 0 Å². The summed E-state index contributed by atoms with van der Waals surface area (Å²) in [4.78, 5) is 9.12. The van der Waals surface area contributed by atoms with Gasteiger partial charge in [-0.2, -0.15) is 0 Å². The molecule has 7 heavy (non-hydrogen) atoms. The van der Waals surface area contributed by atoms with Crippen LogP contribution in [0.4, 0.5) is 0 Å².